The molecule has 5 heteroatoms. The molecule has 2 saturated carbocycles. The largest absolute Gasteiger partial charge is 0.395 e. The number of rotatable bonds is 6. The first kappa shape index (κ1) is 17.2. The first-order valence-electron chi connectivity index (χ1n) is 9.54. The zero-order valence-corrected chi connectivity index (χ0v) is 14.6. The Morgan fingerprint density at radius 3 is 2.00 bits per heavy atom. The molecule has 0 radical (unpaired) electrons. The second-order valence-corrected chi connectivity index (χ2v) is 7.79. The summed E-state index contributed by atoms with van der Waals surface area (Å²) in [5.41, 5.74) is 0. The van der Waals surface area contributed by atoms with Crippen LogP contribution in [-0.2, 0) is 4.79 Å². The highest BCUT2D eigenvalue weighted by Gasteiger charge is 2.38. The van der Waals surface area contributed by atoms with Gasteiger partial charge in [-0.2, -0.15) is 0 Å². The van der Waals surface area contributed by atoms with Crippen LogP contribution in [0.2, 0.25) is 0 Å². The molecular formula is C18H33N3O2. The molecular weight excluding hydrogens is 290 g/mol. The molecule has 132 valence electrons. The van der Waals surface area contributed by atoms with Crippen LogP contribution in [0.4, 0.5) is 0 Å². The van der Waals surface area contributed by atoms with Crippen LogP contribution >= 0.6 is 0 Å². The van der Waals surface area contributed by atoms with E-state index in [1.54, 1.807) is 0 Å². The highest BCUT2D eigenvalue weighted by Crippen LogP contribution is 2.35. The predicted octanol–water partition coefficient (Wildman–Crippen LogP) is 1.17. The van der Waals surface area contributed by atoms with Crippen molar-refractivity contribution in [3.8, 4) is 0 Å². The van der Waals surface area contributed by atoms with E-state index in [2.05, 4.69) is 21.6 Å². The first-order valence-corrected chi connectivity index (χ1v) is 9.54. The Kier molecular flexibility index (Phi) is 5.94. The van der Waals surface area contributed by atoms with E-state index in [4.69, 9.17) is 5.11 Å². The van der Waals surface area contributed by atoms with Crippen molar-refractivity contribution in [3.05, 3.63) is 0 Å². The molecule has 1 heterocycles. The lowest BCUT2D eigenvalue weighted by atomic mass is 9.86. The quantitative estimate of drug-likeness (QED) is 0.797. The fraction of sp³-hybridized carbons (Fsp3) is 0.944. The van der Waals surface area contributed by atoms with E-state index in [0.29, 0.717) is 24.5 Å². The van der Waals surface area contributed by atoms with Crippen molar-refractivity contribution in [2.45, 2.75) is 57.5 Å². The lowest BCUT2D eigenvalue weighted by Gasteiger charge is -2.39. The summed E-state index contributed by atoms with van der Waals surface area (Å²) in [6.45, 7) is 7.76. The SMILES string of the molecule is CC1CCC(N(C(=O)CN2CCN(CCO)CC2)C2CC2)CC1. The summed E-state index contributed by atoms with van der Waals surface area (Å²) < 4.78 is 0. The number of hydrogen-bond donors (Lipinski definition) is 1. The summed E-state index contributed by atoms with van der Waals surface area (Å²) in [6.07, 6.45) is 7.38. The Hall–Kier alpha value is -0.650. The van der Waals surface area contributed by atoms with Crippen LogP contribution < -0.4 is 0 Å². The molecule has 1 N–H and O–H groups in total. The summed E-state index contributed by atoms with van der Waals surface area (Å²) in [5, 5.41) is 9.02. The van der Waals surface area contributed by atoms with Gasteiger partial charge in [-0.1, -0.05) is 6.92 Å². The van der Waals surface area contributed by atoms with Crippen LogP contribution in [-0.4, -0.2) is 83.7 Å². The normalized spacial score (nSPS) is 30.3. The van der Waals surface area contributed by atoms with E-state index in [0.717, 1.165) is 38.6 Å². The first-order chi connectivity index (χ1) is 11.2. The van der Waals surface area contributed by atoms with Gasteiger partial charge in [-0.05, 0) is 44.4 Å². The van der Waals surface area contributed by atoms with Crippen molar-refractivity contribution in [2.75, 3.05) is 45.9 Å². The van der Waals surface area contributed by atoms with Gasteiger partial charge in [0.15, 0.2) is 0 Å². The summed E-state index contributed by atoms with van der Waals surface area (Å²) in [4.78, 5) is 19.8. The van der Waals surface area contributed by atoms with Gasteiger partial charge >= 0.3 is 0 Å². The minimum Gasteiger partial charge on any atom is -0.395 e. The highest BCUT2D eigenvalue weighted by atomic mass is 16.3. The molecule has 3 aliphatic rings. The molecule has 0 aromatic carbocycles. The Bertz CT molecular complexity index is 384. The molecule has 0 unspecified atom stereocenters. The monoisotopic (exact) mass is 323 g/mol. The van der Waals surface area contributed by atoms with E-state index in [1.165, 1.54) is 38.5 Å². The predicted molar refractivity (Wildman–Crippen MR) is 91.3 cm³/mol. The van der Waals surface area contributed by atoms with Crippen LogP contribution in [0.5, 0.6) is 0 Å². The van der Waals surface area contributed by atoms with E-state index in [9.17, 15) is 4.79 Å². The number of aliphatic hydroxyl groups is 1. The van der Waals surface area contributed by atoms with E-state index >= 15 is 0 Å². The molecule has 0 aromatic heterocycles. The third-order valence-corrected chi connectivity index (χ3v) is 5.85. The van der Waals surface area contributed by atoms with Crippen LogP contribution in [0.3, 0.4) is 0 Å². The topological polar surface area (TPSA) is 47.0 Å². The molecule has 1 amide bonds. The summed E-state index contributed by atoms with van der Waals surface area (Å²) in [5.74, 6) is 1.20. The molecule has 5 nitrogen and oxygen atoms in total. The fourth-order valence-corrected chi connectivity index (χ4v) is 4.16. The number of carbonyl (C=O) groups is 1. The lowest BCUT2D eigenvalue weighted by Crippen LogP contribution is -2.52. The Morgan fingerprint density at radius 1 is 0.957 bits per heavy atom. The van der Waals surface area contributed by atoms with Crippen LogP contribution in [0.15, 0.2) is 0 Å². The zero-order chi connectivity index (χ0) is 16.2. The number of hydrogen-bond acceptors (Lipinski definition) is 4. The summed E-state index contributed by atoms with van der Waals surface area (Å²) >= 11 is 0. The Labute approximate surface area is 140 Å². The zero-order valence-electron chi connectivity index (χ0n) is 14.6. The second-order valence-electron chi connectivity index (χ2n) is 7.79. The third-order valence-electron chi connectivity index (χ3n) is 5.85. The van der Waals surface area contributed by atoms with Gasteiger partial charge < -0.3 is 10.0 Å². The van der Waals surface area contributed by atoms with Gasteiger partial charge in [0.05, 0.1) is 13.2 Å². The second kappa shape index (κ2) is 7.95. The van der Waals surface area contributed by atoms with Gasteiger partial charge in [-0.15, -0.1) is 0 Å². The van der Waals surface area contributed by atoms with Crippen molar-refractivity contribution < 1.29 is 9.90 Å². The summed E-state index contributed by atoms with van der Waals surface area (Å²) in [7, 11) is 0. The Morgan fingerprint density at radius 2 is 1.48 bits per heavy atom. The van der Waals surface area contributed by atoms with Gasteiger partial charge in [-0.25, -0.2) is 0 Å². The number of aliphatic hydroxyl groups excluding tert-OH is 1. The average molecular weight is 323 g/mol. The molecule has 3 rings (SSSR count). The van der Waals surface area contributed by atoms with Crippen molar-refractivity contribution in [1.82, 2.24) is 14.7 Å². The van der Waals surface area contributed by atoms with Crippen LogP contribution in [0.25, 0.3) is 0 Å². The van der Waals surface area contributed by atoms with E-state index in [1.807, 2.05) is 0 Å². The average Bonchev–Trinajstić information content (AvgIpc) is 3.36. The molecule has 0 spiro atoms. The molecule has 0 aromatic rings. The van der Waals surface area contributed by atoms with Crippen molar-refractivity contribution in [2.24, 2.45) is 5.92 Å². The molecule has 1 aliphatic heterocycles. The number of amides is 1. The van der Waals surface area contributed by atoms with Crippen molar-refractivity contribution in [3.63, 3.8) is 0 Å². The number of piperazine rings is 1. The molecule has 23 heavy (non-hydrogen) atoms. The minimum absolute atomic E-state index is 0.231. The van der Waals surface area contributed by atoms with Crippen molar-refractivity contribution >= 4 is 5.91 Å². The molecule has 2 aliphatic carbocycles. The third kappa shape index (κ3) is 4.68. The maximum absolute atomic E-state index is 12.9. The van der Waals surface area contributed by atoms with Gasteiger partial charge in [0.2, 0.25) is 5.91 Å². The molecule has 1 saturated heterocycles. The van der Waals surface area contributed by atoms with E-state index in [-0.39, 0.29) is 6.61 Å². The number of carbonyl (C=O) groups excluding carboxylic acids is 1. The molecule has 0 atom stereocenters. The smallest absolute Gasteiger partial charge is 0.237 e. The van der Waals surface area contributed by atoms with Crippen molar-refractivity contribution in [1.29, 1.82) is 0 Å². The standard InChI is InChI=1S/C18H33N3O2/c1-15-2-4-16(5-3-15)21(17-6-7-17)18(23)14-20-10-8-19(9-11-20)12-13-22/h15-17,22H,2-14H2,1H3. The summed E-state index contributed by atoms with van der Waals surface area (Å²) in [6, 6.07) is 1.04. The van der Waals surface area contributed by atoms with Crippen LogP contribution in [0.1, 0.15) is 45.4 Å². The maximum Gasteiger partial charge on any atom is 0.237 e. The molecule has 0 bridgehead atoms. The van der Waals surface area contributed by atoms with Gasteiger partial charge in [0, 0.05) is 44.8 Å². The fourth-order valence-electron chi connectivity index (χ4n) is 4.16. The number of β-amino-alcohol motifs (C(OH)–C–C–N with tert-alkyl or cyclic N) is 1. The van der Waals surface area contributed by atoms with E-state index < -0.39 is 0 Å². The maximum atomic E-state index is 12.9. The molecule has 3 fully saturated rings. The lowest BCUT2D eigenvalue weighted by molar-refractivity contribution is -0.136. The van der Waals surface area contributed by atoms with Crippen LogP contribution in [0, 0.1) is 5.92 Å². The Balaban J connectivity index is 1.49. The number of nitrogens with zero attached hydrogens (tertiary/aromatic N) is 3. The van der Waals surface area contributed by atoms with Gasteiger partial charge in [0.25, 0.3) is 0 Å². The highest BCUT2D eigenvalue weighted by molar-refractivity contribution is 5.79. The van der Waals surface area contributed by atoms with Gasteiger partial charge in [0.1, 0.15) is 0 Å². The van der Waals surface area contributed by atoms with Gasteiger partial charge in [-0.3, -0.25) is 14.6 Å². The minimum atomic E-state index is 0.231.